The Balaban J connectivity index is 1.42. The topological polar surface area (TPSA) is 108 Å². The molecule has 1 aromatic rings. The average Bonchev–Trinajstić information content (AvgIpc) is 3.33. The van der Waals surface area contributed by atoms with Crippen molar-refractivity contribution in [2.24, 2.45) is 0 Å². The van der Waals surface area contributed by atoms with Crippen LogP contribution < -0.4 is 14.8 Å². The summed E-state index contributed by atoms with van der Waals surface area (Å²) in [7, 11) is -3.08. The van der Waals surface area contributed by atoms with E-state index < -0.39 is 39.8 Å². The molecule has 1 aliphatic carbocycles. The standard InChI is InChI=1S/C20H25NO7S/c22-18(21-15-5-10-29(24,25)13-15)12-28-19(23)20(6-1-2-7-20)14-3-4-16-17(11-14)27-9-8-26-16/h3-4,11,15H,1-2,5-10,12-13H2,(H,21,22). The number of nitrogens with one attached hydrogen (secondary N) is 1. The molecule has 9 heteroatoms. The highest BCUT2D eigenvalue weighted by molar-refractivity contribution is 7.91. The molecule has 1 saturated heterocycles. The van der Waals surface area contributed by atoms with Gasteiger partial charge in [-0.15, -0.1) is 0 Å². The monoisotopic (exact) mass is 423 g/mol. The van der Waals surface area contributed by atoms with Crippen LogP contribution in [0.4, 0.5) is 0 Å². The van der Waals surface area contributed by atoms with Gasteiger partial charge in [-0.05, 0) is 37.0 Å². The molecule has 1 saturated carbocycles. The fourth-order valence-electron chi connectivity index (χ4n) is 4.38. The van der Waals surface area contributed by atoms with Crippen LogP contribution in [0.25, 0.3) is 0 Å². The molecule has 2 aliphatic heterocycles. The van der Waals surface area contributed by atoms with E-state index in [-0.39, 0.29) is 11.5 Å². The zero-order valence-electron chi connectivity index (χ0n) is 16.1. The molecule has 1 amide bonds. The van der Waals surface area contributed by atoms with Crippen molar-refractivity contribution in [3.8, 4) is 11.5 Å². The van der Waals surface area contributed by atoms with Gasteiger partial charge in [0.1, 0.15) is 13.2 Å². The molecule has 8 nitrogen and oxygen atoms in total. The predicted molar refractivity (Wildman–Crippen MR) is 104 cm³/mol. The van der Waals surface area contributed by atoms with E-state index >= 15 is 0 Å². The molecule has 0 bridgehead atoms. The van der Waals surface area contributed by atoms with Crippen LogP contribution in [0, 0.1) is 0 Å². The SMILES string of the molecule is O=C(COC(=O)C1(c2ccc3c(c2)OCCO3)CCCC1)NC1CCS(=O)(=O)C1. The maximum absolute atomic E-state index is 13.0. The number of rotatable bonds is 5. The van der Waals surface area contributed by atoms with Crippen molar-refractivity contribution in [1.82, 2.24) is 5.32 Å². The zero-order valence-corrected chi connectivity index (χ0v) is 17.0. The fraction of sp³-hybridized carbons (Fsp3) is 0.600. The van der Waals surface area contributed by atoms with Gasteiger partial charge >= 0.3 is 5.97 Å². The molecule has 3 aliphatic rings. The van der Waals surface area contributed by atoms with E-state index in [0.29, 0.717) is 44.0 Å². The van der Waals surface area contributed by atoms with Crippen LogP contribution in [-0.4, -0.2) is 57.7 Å². The Bertz CT molecular complexity index is 905. The minimum absolute atomic E-state index is 0.0617. The molecule has 1 unspecified atom stereocenters. The maximum atomic E-state index is 13.0. The van der Waals surface area contributed by atoms with Gasteiger partial charge in [-0.25, -0.2) is 8.42 Å². The van der Waals surface area contributed by atoms with Crippen molar-refractivity contribution in [3.05, 3.63) is 23.8 Å². The first-order valence-electron chi connectivity index (χ1n) is 9.95. The molecule has 0 aromatic heterocycles. The number of ether oxygens (including phenoxy) is 3. The van der Waals surface area contributed by atoms with Crippen LogP contribution in [0.2, 0.25) is 0 Å². The molecule has 29 heavy (non-hydrogen) atoms. The summed E-state index contributed by atoms with van der Waals surface area (Å²) in [6.45, 7) is 0.545. The number of fused-ring (bicyclic) bond motifs is 1. The first-order chi connectivity index (χ1) is 13.9. The molecule has 2 fully saturated rings. The molecular formula is C20H25NO7S. The van der Waals surface area contributed by atoms with Crippen molar-refractivity contribution in [2.75, 3.05) is 31.3 Å². The Kier molecular flexibility index (Phi) is 5.42. The first-order valence-corrected chi connectivity index (χ1v) is 11.8. The summed E-state index contributed by atoms with van der Waals surface area (Å²) in [4.78, 5) is 25.2. The fourth-order valence-corrected chi connectivity index (χ4v) is 6.05. The van der Waals surface area contributed by atoms with Gasteiger partial charge in [0.05, 0.1) is 16.9 Å². The van der Waals surface area contributed by atoms with Crippen LogP contribution in [0.1, 0.15) is 37.7 Å². The Labute approximate surface area is 169 Å². The molecule has 1 atom stereocenters. The lowest BCUT2D eigenvalue weighted by molar-refractivity contribution is -0.154. The zero-order chi connectivity index (χ0) is 20.5. The highest BCUT2D eigenvalue weighted by atomic mass is 32.2. The lowest BCUT2D eigenvalue weighted by Crippen LogP contribution is -2.41. The second-order valence-corrected chi connectivity index (χ2v) is 10.1. The Morgan fingerprint density at radius 2 is 1.86 bits per heavy atom. The van der Waals surface area contributed by atoms with Crippen LogP contribution in [0.15, 0.2) is 18.2 Å². The summed E-state index contributed by atoms with van der Waals surface area (Å²) in [6.07, 6.45) is 3.48. The highest BCUT2D eigenvalue weighted by Gasteiger charge is 2.45. The minimum Gasteiger partial charge on any atom is -0.486 e. The third-order valence-electron chi connectivity index (χ3n) is 5.87. The molecule has 4 rings (SSSR count). The van der Waals surface area contributed by atoms with Crippen LogP contribution in [0.3, 0.4) is 0 Å². The van der Waals surface area contributed by atoms with Crippen LogP contribution in [-0.2, 0) is 29.6 Å². The lowest BCUT2D eigenvalue weighted by Gasteiger charge is -2.29. The van der Waals surface area contributed by atoms with Gasteiger partial charge in [0, 0.05) is 6.04 Å². The van der Waals surface area contributed by atoms with E-state index in [1.54, 1.807) is 0 Å². The number of hydrogen-bond donors (Lipinski definition) is 1. The van der Waals surface area contributed by atoms with Gasteiger partial charge in [0.15, 0.2) is 27.9 Å². The number of esters is 1. The van der Waals surface area contributed by atoms with Gasteiger partial charge in [0.25, 0.3) is 5.91 Å². The van der Waals surface area contributed by atoms with Crippen molar-refractivity contribution in [2.45, 2.75) is 43.6 Å². The third-order valence-corrected chi connectivity index (χ3v) is 7.64. The van der Waals surface area contributed by atoms with Gasteiger partial charge < -0.3 is 19.5 Å². The largest absolute Gasteiger partial charge is 0.486 e. The molecule has 158 valence electrons. The second-order valence-electron chi connectivity index (χ2n) is 7.89. The van der Waals surface area contributed by atoms with Crippen LogP contribution in [0.5, 0.6) is 11.5 Å². The summed E-state index contributed by atoms with van der Waals surface area (Å²) in [5.74, 6) is 0.385. The summed E-state index contributed by atoms with van der Waals surface area (Å²) < 4.78 is 39.6. The third kappa shape index (κ3) is 4.19. The highest BCUT2D eigenvalue weighted by Crippen LogP contribution is 2.45. The average molecular weight is 423 g/mol. The Morgan fingerprint density at radius 3 is 2.55 bits per heavy atom. The van der Waals surface area contributed by atoms with Crippen molar-refractivity contribution in [3.63, 3.8) is 0 Å². The number of amides is 1. The first kappa shape index (κ1) is 20.0. The van der Waals surface area contributed by atoms with Crippen molar-refractivity contribution >= 4 is 21.7 Å². The normalized spacial score (nSPS) is 24.1. The second kappa shape index (κ2) is 7.85. The van der Waals surface area contributed by atoms with Gasteiger partial charge in [-0.3, -0.25) is 9.59 Å². The quantitative estimate of drug-likeness (QED) is 0.707. The minimum atomic E-state index is -3.08. The van der Waals surface area contributed by atoms with E-state index in [0.717, 1.165) is 18.4 Å². The van der Waals surface area contributed by atoms with E-state index in [9.17, 15) is 18.0 Å². The van der Waals surface area contributed by atoms with E-state index in [1.165, 1.54) is 0 Å². The summed E-state index contributed by atoms with van der Waals surface area (Å²) in [6, 6.07) is 5.10. The summed E-state index contributed by atoms with van der Waals surface area (Å²) >= 11 is 0. The summed E-state index contributed by atoms with van der Waals surface area (Å²) in [5.41, 5.74) is 0.0128. The Morgan fingerprint density at radius 1 is 1.14 bits per heavy atom. The Hall–Kier alpha value is -2.29. The van der Waals surface area contributed by atoms with Crippen molar-refractivity contribution < 1.29 is 32.2 Å². The van der Waals surface area contributed by atoms with E-state index in [4.69, 9.17) is 14.2 Å². The van der Waals surface area contributed by atoms with E-state index in [1.807, 2.05) is 18.2 Å². The molecule has 2 heterocycles. The molecule has 1 N–H and O–H groups in total. The van der Waals surface area contributed by atoms with Gasteiger partial charge in [0.2, 0.25) is 0 Å². The smallest absolute Gasteiger partial charge is 0.317 e. The number of sulfone groups is 1. The van der Waals surface area contributed by atoms with Crippen molar-refractivity contribution in [1.29, 1.82) is 0 Å². The summed E-state index contributed by atoms with van der Waals surface area (Å²) in [5, 5.41) is 2.64. The van der Waals surface area contributed by atoms with E-state index in [2.05, 4.69) is 5.32 Å². The maximum Gasteiger partial charge on any atom is 0.317 e. The molecule has 1 aromatic carbocycles. The molecule has 0 radical (unpaired) electrons. The lowest BCUT2D eigenvalue weighted by atomic mass is 9.78. The number of benzene rings is 1. The predicted octanol–water partition coefficient (Wildman–Crippen LogP) is 1.12. The van der Waals surface area contributed by atoms with Gasteiger partial charge in [-0.2, -0.15) is 0 Å². The van der Waals surface area contributed by atoms with Gasteiger partial charge in [-0.1, -0.05) is 18.9 Å². The molecular weight excluding hydrogens is 398 g/mol. The van der Waals surface area contributed by atoms with Crippen LogP contribution >= 0.6 is 0 Å². The number of carbonyl (C=O) groups is 2. The number of hydrogen-bond acceptors (Lipinski definition) is 7. The molecule has 0 spiro atoms. The number of carbonyl (C=O) groups excluding carboxylic acids is 2.